The maximum absolute atomic E-state index is 13.8. The van der Waals surface area contributed by atoms with Gasteiger partial charge in [0.2, 0.25) is 10.0 Å². The molecule has 1 saturated heterocycles. The van der Waals surface area contributed by atoms with E-state index in [-0.39, 0.29) is 17.9 Å². The van der Waals surface area contributed by atoms with Crippen molar-refractivity contribution in [2.75, 3.05) is 24.5 Å². The summed E-state index contributed by atoms with van der Waals surface area (Å²) >= 11 is 0. The van der Waals surface area contributed by atoms with Gasteiger partial charge in [-0.3, -0.25) is 4.79 Å². The average molecular weight is 314 g/mol. The van der Waals surface area contributed by atoms with Gasteiger partial charge in [-0.15, -0.1) is 0 Å². The molecule has 1 aromatic carbocycles. The lowest BCUT2D eigenvalue weighted by Gasteiger charge is -2.21. The molecule has 1 aliphatic heterocycles. The Morgan fingerprint density at radius 1 is 1.48 bits per heavy atom. The molecular formula is C14H19FN2O3S. The van der Waals surface area contributed by atoms with Crippen LogP contribution in [0.5, 0.6) is 0 Å². The van der Waals surface area contributed by atoms with Crippen LogP contribution in [0.15, 0.2) is 18.2 Å². The van der Waals surface area contributed by atoms with Crippen molar-refractivity contribution in [2.24, 2.45) is 0 Å². The molecule has 0 spiro atoms. The third-order valence-electron chi connectivity index (χ3n) is 3.61. The van der Waals surface area contributed by atoms with Crippen LogP contribution in [-0.2, 0) is 10.0 Å². The van der Waals surface area contributed by atoms with Crippen LogP contribution < -0.4 is 9.62 Å². The molecule has 7 heteroatoms. The number of anilines is 1. The summed E-state index contributed by atoms with van der Waals surface area (Å²) < 4.78 is 40.4. The van der Waals surface area contributed by atoms with E-state index in [0.717, 1.165) is 0 Å². The van der Waals surface area contributed by atoms with E-state index in [4.69, 9.17) is 0 Å². The van der Waals surface area contributed by atoms with Crippen LogP contribution in [0.3, 0.4) is 0 Å². The highest BCUT2D eigenvalue weighted by atomic mass is 32.2. The van der Waals surface area contributed by atoms with Crippen molar-refractivity contribution in [3.8, 4) is 0 Å². The summed E-state index contributed by atoms with van der Waals surface area (Å²) in [6, 6.07) is 4.43. The van der Waals surface area contributed by atoms with Crippen LogP contribution in [0.25, 0.3) is 0 Å². The monoisotopic (exact) mass is 314 g/mol. The second-order valence-electron chi connectivity index (χ2n) is 5.09. The molecule has 5 nitrogen and oxygen atoms in total. The van der Waals surface area contributed by atoms with E-state index >= 15 is 0 Å². The Kier molecular flexibility index (Phi) is 4.63. The highest BCUT2D eigenvalue weighted by Crippen LogP contribution is 2.28. The van der Waals surface area contributed by atoms with Gasteiger partial charge in [-0.25, -0.2) is 17.5 Å². The summed E-state index contributed by atoms with van der Waals surface area (Å²) in [5.41, 5.74) is 0.496. The Hall–Kier alpha value is -1.47. The lowest BCUT2D eigenvalue weighted by molar-refractivity contribution is 0.101. The molecule has 0 unspecified atom stereocenters. The first-order valence-corrected chi connectivity index (χ1v) is 8.44. The van der Waals surface area contributed by atoms with Crippen molar-refractivity contribution in [3.05, 3.63) is 29.6 Å². The number of hydrogen-bond donors (Lipinski definition) is 1. The molecule has 1 aliphatic rings. The van der Waals surface area contributed by atoms with E-state index in [2.05, 4.69) is 4.72 Å². The van der Waals surface area contributed by atoms with Gasteiger partial charge in [-0.2, -0.15) is 0 Å². The number of halogens is 1. The number of benzene rings is 1. The van der Waals surface area contributed by atoms with Crippen LogP contribution >= 0.6 is 0 Å². The summed E-state index contributed by atoms with van der Waals surface area (Å²) in [5, 5.41) is -0.541. The fourth-order valence-electron chi connectivity index (χ4n) is 2.64. The zero-order valence-electron chi connectivity index (χ0n) is 12.1. The minimum atomic E-state index is -3.36. The zero-order chi connectivity index (χ0) is 15.6. The van der Waals surface area contributed by atoms with Gasteiger partial charge in [0.05, 0.1) is 16.5 Å². The van der Waals surface area contributed by atoms with Crippen molar-refractivity contribution in [1.82, 2.24) is 4.72 Å². The largest absolute Gasteiger partial charge is 0.369 e. The normalized spacial score (nSPS) is 19.0. The van der Waals surface area contributed by atoms with Crippen molar-refractivity contribution in [1.29, 1.82) is 0 Å². The molecule has 116 valence electrons. The predicted octanol–water partition coefficient (Wildman–Crippen LogP) is 1.55. The van der Waals surface area contributed by atoms with Crippen LogP contribution in [-0.4, -0.2) is 39.1 Å². The van der Waals surface area contributed by atoms with E-state index in [1.54, 1.807) is 17.9 Å². The summed E-state index contributed by atoms with van der Waals surface area (Å²) in [7, 11) is -3.36. The van der Waals surface area contributed by atoms with Crippen LogP contribution in [0, 0.1) is 5.82 Å². The highest BCUT2D eigenvalue weighted by molar-refractivity contribution is 7.90. The molecular weight excluding hydrogens is 295 g/mol. The number of nitrogens with zero attached hydrogens (tertiary/aromatic N) is 1. The first kappa shape index (κ1) is 15.9. The van der Waals surface area contributed by atoms with Gasteiger partial charge in [-0.1, -0.05) is 13.0 Å². The third-order valence-corrected chi connectivity index (χ3v) is 5.57. The molecule has 1 atom stereocenters. The second kappa shape index (κ2) is 6.11. The van der Waals surface area contributed by atoms with E-state index in [9.17, 15) is 17.6 Å². The van der Waals surface area contributed by atoms with Gasteiger partial charge in [0.25, 0.3) is 0 Å². The number of hydrogen-bond acceptors (Lipinski definition) is 4. The standard InChI is InChI=1S/C14H19FN2O3S/c1-3-16-21(19,20)11-7-8-17(9-11)13-6-4-5-12(15)14(13)10(2)18/h4-6,11,16H,3,7-9H2,1-2H3/t11-/m1/s1. The topological polar surface area (TPSA) is 66.5 Å². The van der Waals surface area contributed by atoms with Crippen molar-refractivity contribution in [2.45, 2.75) is 25.5 Å². The van der Waals surface area contributed by atoms with Crippen molar-refractivity contribution >= 4 is 21.5 Å². The van der Waals surface area contributed by atoms with E-state index in [1.807, 2.05) is 0 Å². The quantitative estimate of drug-likeness (QED) is 0.837. The minimum Gasteiger partial charge on any atom is -0.369 e. The Morgan fingerprint density at radius 3 is 2.81 bits per heavy atom. The Bertz CT molecular complexity index is 646. The Balaban J connectivity index is 2.27. The molecule has 1 aromatic rings. The van der Waals surface area contributed by atoms with Crippen molar-refractivity contribution in [3.63, 3.8) is 0 Å². The number of carbonyl (C=O) groups is 1. The van der Waals surface area contributed by atoms with E-state index < -0.39 is 21.1 Å². The summed E-state index contributed by atoms with van der Waals surface area (Å²) in [5.74, 6) is -0.931. The number of carbonyl (C=O) groups excluding carboxylic acids is 1. The van der Waals surface area contributed by atoms with Gasteiger partial charge < -0.3 is 4.90 Å². The van der Waals surface area contributed by atoms with E-state index in [0.29, 0.717) is 25.2 Å². The molecule has 0 aliphatic carbocycles. The smallest absolute Gasteiger partial charge is 0.216 e. The van der Waals surface area contributed by atoms with Crippen LogP contribution in [0.2, 0.25) is 0 Å². The molecule has 0 aromatic heterocycles. The highest BCUT2D eigenvalue weighted by Gasteiger charge is 2.34. The fraction of sp³-hybridized carbons (Fsp3) is 0.500. The molecule has 1 fully saturated rings. The Morgan fingerprint density at radius 2 is 2.19 bits per heavy atom. The summed E-state index contributed by atoms with van der Waals surface area (Å²) in [6.45, 7) is 4.13. The number of rotatable bonds is 5. The Labute approximate surface area is 124 Å². The van der Waals surface area contributed by atoms with E-state index in [1.165, 1.54) is 19.1 Å². The van der Waals surface area contributed by atoms with Gasteiger partial charge in [0.15, 0.2) is 5.78 Å². The molecule has 2 rings (SSSR count). The third kappa shape index (κ3) is 3.24. The van der Waals surface area contributed by atoms with Gasteiger partial charge in [0.1, 0.15) is 5.82 Å². The average Bonchev–Trinajstić information content (AvgIpc) is 2.88. The predicted molar refractivity (Wildman–Crippen MR) is 79.6 cm³/mol. The minimum absolute atomic E-state index is 0.0269. The molecule has 21 heavy (non-hydrogen) atoms. The maximum atomic E-state index is 13.8. The first-order valence-electron chi connectivity index (χ1n) is 6.89. The van der Waals surface area contributed by atoms with Crippen LogP contribution in [0.1, 0.15) is 30.6 Å². The van der Waals surface area contributed by atoms with Crippen molar-refractivity contribution < 1.29 is 17.6 Å². The lowest BCUT2D eigenvalue weighted by Crippen LogP contribution is -2.36. The lowest BCUT2D eigenvalue weighted by atomic mass is 10.1. The molecule has 1 N–H and O–H groups in total. The maximum Gasteiger partial charge on any atom is 0.216 e. The summed E-state index contributed by atoms with van der Waals surface area (Å²) in [4.78, 5) is 13.4. The van der Waals surface area contributed by atoms with Gasteiger partial charge in [-0.05, 0) is 25.5 Å². The molecule has 0 amide bonds. The SMILES string of the molecule is CCNS(=O)(=O)[C@@H]1CCN(c2cccc(F)c2C(C)=O)C1. The number of nitrogens with one attached hydrogen (secondary N) is 1. The first-order chi connectivity index (χ1) is 9.86. The molecule has 1 heterocycles. The van der Waals surface area contributed by atoms with Crippen LogP contribution in [0.4, 0.5) is 10.1 Å². The number of sulfonamides is 1. The second-order valence-corrected chi connectivity index (χ2v) is 7.14. The fourth-order valence-corrected chi connectivity index (χ4v) is 4.07. The van der Waals surface area contributed by atoms with Gasteiger partial charge >= 0.3 is 0 Å². The number of Topliss-reactive ketones (excluding diaryl/α,β-unsaturated/α-hetero) is 1. The molecule has 0 bridgehead atoms. The molecule has 0 saturated carbocycles. The molecule has 0 radical (unpaired) electrons. The number of ketones is 1. The van der Waals surface area contributed by atoms with Gasteiger partial charge in [0, 0.05) is 19.6 Å². The zero-order valence-corrected chi connectivity index (χ0v) is 12.9. The summed E-state index contributed by atoms with van der Waals surface area (Å²) in [6.07, 6.45) is 0.461.